The molecule has 24 heavy (non-hydrogen) atoms. The Bertz CT molecular complexity index is 725. The van der Waals surface area contributed by atoms with E-state index in [2.05, 4.69) is 11.4 Å². The SMILES string of the molecule is O=C(NC1CCN(C(=O)c2ccco2)CC1)c1sccc1C1CC1. The van der Waals surface area contributed by atoms with E-state index in [0.29, 0.717) is 24.8 Å². The highest BCUT2D eigenvalue weighted by molar-refractivity contribution is 7.12. The smallest absolute Gasteiger partial charge is 0.289 e. The van der Waals surface area contributed by atoms with Gasteiger partial charge in [-0.15, -0.1) is 11.3 Å². The average Bonchev–Trinajstić information content (AvgIpc) is 3.11. The van der Waals surface area contributed by atoms with Gasteiger partial charge in [0.2, 0.25) is 0 Å². The number of carbonyl (C=O) groups excluding carboxylic acids is 2. The van der Waals surface area contributed by atoms with Gasteiger partial charge < -0.3 is 14.6 Å². The van der Waals surface area contributed by atoms with E-state index in [1.165, 1.54) is 36.0 Å². The van der Waals surface area contributed by atoms with Crippen LogP contribution in [0.15, 0.2) is 34.3 Å². The predicted molar refractivity (Wildman–Crippen MR) is 91.4 cm³/mol. The van der Waals surface area contributed by atoms with Crippen LogP contribution in [0.3, 0.4) is 0 Å². The number of furan rings is 1. The number of nitrogens with zero attached hydrogens (tertiary/aromatic N) is 1. The highest BCUT2D eigenvalue weighted by Crippen LogP contribution is 2.43. The second kappa shape index (κ2) is 6.43. The third-order valence-corrected chi connectivity index (χ3v) is 5.70. The van der Waals surface area contributed by atoms with E-state index in [1.807, 2.05) is 5.38 Å². The molecule has 1 aliphatic carbocycles. The fraction of sp³-hybridized carbons (Fsp3) is 0.444. The number of amides is 2. The molecule has 6 heteroatoms. The lowest BCUT2D eigenvalue weighted by Gasteiger charge is -2.31. The van der Waals surface area contributed by atoms with E-state index in [-0.39, 0.29) is 17.9 Å². The first-order valence-electron chi connectivity index (χ1n) is 8.43. The zero-order chi connectivity index (χ0) is 16.5. The summed E-state index contributed by atoms with van der Waals surface area (Å²) in [6.45, 7) is 1.29. The van der Waals surface area contributed by atoms with Crippen LogP contribution in [0.2, 0.25) is 0 Å². The van der Waals surface area contributed by atoms with Crippen molar-refractivity contribution in [2.45, 2.75) is 37.6 Å². The predicted octanol–water partition coefficient (Wildman–Crippen LogP) is 3.25. The van der Waals surface area contributed by atoms with Crippen molar-refractivity contribution in [1.29, 1.82) is 0 Å². The van der Waals surface area contributed by atoms with E-state index < -0.39 is 0 Å². The molecule has 0 atom stereocenters. The summed E-state index contributed by atoms with van der Waals surface area (Å²) in [5.74, 6) is 0.941. The highest BCUT2D eigenvalue weighted by Gasteiger charge is 2.30. The van der Waals surface area contributed by atoms with E-state index >= 15 is 0 Å². The van der Waals surface area contributed by atoms with Crippen molar-refractivity contribution in [3.05, 3.63) is 46.0 Å². The molecule has 126 valence electrons. The van der Waals surface area contributed by atoms with Crippen molar-refractivity contribution >= 4 is 23.2 Å². The van der Waals surface area contributed by atoms with Crippen LogP contribution in [0.4, 0.5) is 0 Å². The molecule has 2 fully saturated rings. The number of rotatable bonds is 4. The normalized spacial score (nSPS) is 18.6. The zero-order valence-electron chi connectivity index (χ0n) is 13.4. The number of nitrogens with one attached hydrogen (secondary N) is 1. The summed E-state index contributed by atoms with van der Waals surface area (Å²) in [6.07, 6.45) is 5.47. The summed E-state index contributed by atoms with van der Waals surface area (Å²) in [5, 5.41) is 5.16. The summed E-state index contributed by atoms with van der Waals surface area (Å²) < 4.78 is 5.17. The van der Waals surface area contributed by atoms with Crippen molar-refractivity contribution in [3.8, 4) is 0 Å². The topological polar surface area (TPSA) is 62.6 Å². The second-order valence-electron chi connectivity index (χ2n) is 6.50. The standard InChI is InChI=1S/C18H20N2O3S/c21-17(16-14(7-11-24-16)12-3-4-12)19-13-5-8-20(9-6-13)18(22)15-2-1-10-23-15/h1-2,7,10-13H,3-6,8-9H2,(H,19,21). The number of piperidine rings is 1. The van der Waals surface area contributed by atoms with Gasteiger partial charge in [0.25, 0.3) is 11.8 Å². The molecule has 2 aromatic heterocycles. The lowest BCUT2D eigenvalue weighted by atomic mass is 10.0. The Hall–Kier alpha value is -2.08. The Morgan fingerprint density at radius 1 is 1.17 bits per heavy atom. The molecule has 2 amide bonds. The van der Waals surface area contributed by atoms with Gasteiger partial charge in [0, 0.05) is 19.1 Å². The molecule has 2 aromatic rings. The van der Waals surface area contributed by atoms with Gasteiger partial charge in [-0.2, -0.15) is 0 Å². The van der Waals surface area contributed by atoms with Gasteiger partial charge in [-0.3, -0.25) is 9.59 Å². The minimum absolute atomic E-state index is 0.0442. The van der Waals surface area contributed by atoms with Gasteiger partial charge in [0.05, 0.1) is 11.1 Å². The summed E-state index contributed by atoms with van der Waals surface area (Å²) in [6, 6.07) is 5.62. The number of likely N-dealkylation sites (tertiary alicyclic amines) is 1. The van der Waals surface area contributed by atoms with Crippen LogP contribution >= 0.6 is 11.3 Å². The Morgan fingerprint density at radius 3 is 2.62 bits per heavy atom. The molecular formula is C18H20N2O3S. The van der Waals surface area contributed by atoms with Gasteiger partial charge in [-0.05, 0) is 60.7 Å². The van der Waals surface area contributed by atoms with Crippen LogP contribution in [0.1, 0.15) is 57.4 Å². The minimum Gasteiger partial charge on any atom is -0.459 e. The summed E-state index contributed by atoms with van der Waals surface area (Å²) in [4.78, 5) is 27.4. The number of thiophene rings is 1. The highest BCUT2D eigenvalue weighted by atomic mass is 32.1. The molecule has 0 spiro atoms. The molecule has 1 saturated heterocycles. The molecular weight excluding hydrogens is 324 g/mol. The van der Waals surface area contributed by atoms with Gasteiger partial charge in [0.1, 0.15) is 0 Å². The molecule has 1 saturated carbocycles. The fourth-order valence-corrected chi connectivity index (χ4v) is 4.14. The van der Waals surface area contributed by atoms with E-state index in [0.717, 1.165) is 17.7 Å². The van der Waals surface area contributed by atoms with Crippen molar-refractivity contribution in [2.24, 2.45) is 0 Å². The van der Waals surface area contributed by atoms with Crippen LogP contribution in [-0.2, 0) is 0 Å². The summed E-state index contributed by atoms with van der Waals surface area (Å²) in [5.41, 5.74) is 1.21. The Balaban J connectivity index is 1.32. The van der Waals surface area contributed by atoms with E-state index in [9.17, 15) is 9.59 Å². The van der Waals surface area contributed by atoms with Crippen LogP contribution < -0.4 is 5.32 Å². The largest absolute Gasteiger partial charge is 0.459 e. The molecule has 0 unspecified atom stereocenters. The third-order valence-electron chi connectivity index (χ3n) is 4.77. The minimum atomic E-state index is -0.0703. The van der Waals surface area contributed by atoms with Crippen LogP contribution in [0, 0.1) is 0 Å². The van der Waals surface area contributed by atoms with E-state index in [1.54, 1.807) is 17.0 Å². The fourth-order valence-electron chi connectivity index (χ4n) is 3.25. The summed E-state index contributed by atoms with van der Waals surface area (Å²) in [7, 11) is 0. The van der Waals surface area contributed by atoms with Gasteiger partial charge in [-0.1, -0.05) is 0 Å². The van der Waals surface area contributed by atoms with Crippen molar-refractivity contribution in [1.82, 2.24) is 10.2 Å². The number of hydrogen-bond acceptors (Lipinski definition) is 4. The first kappa shape index (κ1) is 15.4. The number of hydrogen-bond donors (Lipinski definition) is 1. The molecule has 2 aliphatic rings. The van der Waals surface area contributed by atoms with Crippen molar-refractivity contribution in [3.63, 3.8) is 0 Å². The third kappa shape index (κ3) is 3.11. The maximum Gasteiger partial charge on any atom is 0.289 e. The summed E-state index contributed by atoms with van der Waals surface area (Å²) >= 11 is 1.53. The lowest BCUT2D eigenvalue weighted by molar-refractivity contribution is 0.0667. The van der Waals surface area contributed by atoms with Gasteiger partial charge in [0.15, 0.2) is 5.76 Å². The van der Waals surface area contributed by atoms with Crippen LogP contribution in [0.25, 0.3) is 0 Å². The van der Waals surface area contributed by atoms with E-state index in [4.69, 9.17) is 4.42 Å². The number of carbonyl (C=O) groups is 2. The van der Waals surface area contributed by atoms with Crippen LogP contribution in [0.5, 0.6) is 0 Å². The lowest BCUT2D eigenvalue weighted by Crippen LogP contribution is -2.46. The Labute approximate surface area is 144 Å². The maximum atomic E-state index is 12.5. The molecule has 3 heterocycles. The molecule has 1 N–H and O–H groups in total. The Morgan fingerprint density at radius 2 is 1.96 bits per heavy atom. The monoisotopic (exact) mass is 344 g/mol. The molecule has 0 bridgehead atoms. The Kier molecular flexibility index (Phi) is 4.14. The molecule has 4 rings (SSSR count). The maximum absolute atomic E-state index is 12.5. The van der Waals surface area contributed by atoms with Gasteiger partial charge >= 0.3 is 0 Å². The average molecular weight is 344 g/mol. The first-order valence-corrected chi connectivity index (χ1v) is 9.31. The zero-order valence-corrected chi connectivity index (χ0v) is 14.2. The molecule has 5 nitrogen and oxygen atoms in total. The molecule has 1 aliphatic heterocycles. The second-order valence-corrected chi connectivity index (χ2v) is 7.41. The van der Waals surface area contributed by atoms with Crippen molar-refractivity contribution in [2.75, 3.05) is 13.1 Å². The molecule has 0 aromatic carbocycles. The van der Waals surface area contributed by atoms with Crippen LogP contribution in [-0.4, -0.2) is 35.8 Å². The van der Waals surface area contributed by atoms with Gasteiger partial charge in [-0.25, -0.2) is 0 Å². The molecule has 0 radical (unpaired) electrons. The first-order chi connectivity index (χ1) is 11.7. The quantitative estimate of drug-likeness (QED) is 0.926. The van der Waals surface area contributed by atoms with Crippen molar-refractivity contribution < 1.29 is 14.0 Å².